The Bertz CT molecular complexity index is 348. The van der Waals surface area contributed by atoms with Gasteiger partial charge in [0.25, 0.3) is 0 Å². The molecule has 0 amide bonds. The van der Waals surface area contributed by atoms with Gasteiger partial charge in [-0.25, -0.2) is 9.97 Å². The Balaban J connectivity index is 2.36. The van der Waals surface area contributed by atoms with Crippen molar-refractivity contribution >= 4 is 12.0 Å². The lowest BCUT2D eigenvalue weighted by Gasteiger charge is -2.30. The van der Waals surface area contributed by atoms with E-state index in [9.17, 15) is 0 Å². The highest BCUT2D eigenvalue weighted by Crippen LogP contribution is 2.20. The van der Waals surface area contributed by atoms with Crippen molar-refractivity contribution < 1.29 is 0 Å². The molecule has 4 nitrogen and oxygen atoms in total. The molecular weight excluding hydrogens is 176 g/mol. The maximum atomic E-state index is 4.34. The standard InChI is InChI=1S/C10H14N4/c1-3-8(2)14-7-11-6-9-10(14)13-5-4-12-9/h4-6,8H,3,7H2,1-2H3. The van der Waals surface area contributed by atoms with Gasteiger partial charge in [0.05, 0.1) is 6.21 Å². The van der Waals surface area contributed by atoms with Gasteiger partial charge in [0.15, 0.2) is 5.82 Å². The third-order valence-corrected chi connectivity index (χ3v) is 2.55. The molecule has 1 aromatic heterocycles. The molecule has 0 radical (unpaired) electrons. The number of aromatic nitrogens is 2. The van der Waals surface area contributed by atoms with E-state index < -0.39 is 0 Å². The zero-order chi connectivity index (χ0) is 9.97. The first-order valence-electron chi connectivity index (χ1n) is 4.90. The van der Waals surface area contributed by atoms with Gasteiger partial charge in [-0.15, -0.1) is 0 Å². The fourth-order valence-electron chi connectivity index (χ4n) is 1.50. The summed E-state index contributed by atoms with van der Waals surface area (Å²) in [6.45, 7) is 5.04. The first-order valence-corrected chi connectivity index (χ1v) is 4.90. The molecule has 0 spiro atoms. The van der Waals surface area contributed by atoms with Crippen LogP contribution in [-0.4, -0.2) is 28.9 Å². The van der Waals surface area contributed by atoms with Crippen LogP contribution in [0.3, 0.4) is 0 Å². The molecule has 74 valence electrons. The van der Waals surface area contributed by atoms with Crippen molar-refractivity contribution in [1.82, 2.24) is 9.97 Å². The summed E-state index contributed by atoms with van der Waals surface area (Å²) in [5, 5.41) is 0. The van der Waals surface area contributed by atoms with E-state index in [1.54, 1.807) is 18.6 Å². The number of nitrogens with zero attached hydrogens (tertiary/aromatic N) is 4. The van der Waals surface area contributed by atoms with E-state index in [4.69, 9.17) is 0 Å². The maximum Gasteiger partial charge on any atom is 0.157 e. The predicted octanol–water partition coefficient (Wildman–Crippen LogP) is 1.47. The summed E-state index contributed by atoms with van der Waals surface area (Å²) in [6, 6.07) is 0.461. The van der Waals surface area contributed by atoms with Crippen molar-refractivity contribution in [3.8, 4) is 0 Å². The molecule has 2 heterocycles. The third kappa shape index (κ3) is 1.47. The van der Waals surface area contributed by atoms with Gasteiger partial charge in [-0.05, 0) is 13.3 Å². The molecule has 1 aliphatic heterocycles. The van der Waals surface area contributed by atoms with Crippen LogP contribution in [0.25, 0.3) is 0 Å². The number of fused-ring (bicyclic) bond motifs is 1. The Morgan fingerprint density at radius 3 is 3.00 bits per heavy atom. The van der Waals surface area contributed by atoms with E-state index in [-0.39, 0.29) is 0 Å². The predicted molar refractivity (Wildman–Crippen MR) is 56.7 cm³/mol. The van der Waals surface area contributed by atoms with Crippen molar-refractivity contribution in [3.63, 3.8) is 0 Å². The monoisotopic (exact) mass is 190 g/mol. The molecule has 1 atom stereocenters. The molecule has 14 heavy (non-hydrogen) atoms. The molecule has 4 heteroatoms. The van der Waals surface area contributed by atoms with Crippen molar-refractivity contribution in [2.75, 3.05) is 11.6 Å². The third-order valence-electron chi connectivity index (χ3n) is 2.55. The van der Waals surface area contributed by atoms with E-state index in [2.05, 4.69) is 33.7 Å². The SMILES string of the molecule is CCC(C)N1CN=Cc2nccnc21. The summed E-state index contributed by atoms with van der Waals surface area (Å²) in [4.78, 5) is 15.0. The molecule has 0 aromatic carbocycles. The normalized spacial score (nSPS) is 16.6. The largest absolute Gasteiger partial charge is 0.333 e. The molecule has 2 rings (SSSR count). The zero-order valence-corrected chi connectivity index (χ0v) is 8.51. The maximum absolute atomic E-state index is 4.34. The summed E-state index contributed by atoms with van der Waals surface area (Å²) in [7, 11) is 0. The fraction of sp³-hybridized carbons (Fsp3) is 0.500. The quantitative estimate of drug-likeness (QED) is 0.709. The second kappa shape index (κ2) is 3.74. The second-order valence-electron chi connectivity index (χ2n) is 3.45. The Morgan fingerprint density at radius 2 is 2.21 bits per heavy atom. The number of rotatable bonds is 2. The molecule has 0 N–H and O–H groups in total. The second-order valence-corrected chi connectivity index (χ2v) is 3.45. The van der Waals surface area contributed by atoms with Crippen LogP contribution in [0.4, 0.5) is 5.82 Å². The fourth-order valence-corrected chi connectivity index (χ4v) is 1.50. The smallest absolute Gasteiger partial charge is 0.157 e. The van der Waals surface area contributed by atoms with Gasteiger partial charge in [0.1, 0.15) is 12.4 Å². The van der Waals surface area contributed by atoms with Crippen LogP contribution in [0.5, 0.6) is 0 Å². The molecule has 1 aliphatic rings. The van der Waals surface area contributed by atoms with E-state index in [1.807, 2.05) is 0 Å². The molecule has 0 fully saturated rings. The van der Waals surface area contributed by atoms with Crippen LogP contribution in [0, 0.1) is 0 Å². The van der Waals surface area contributed by atoms with Crippen molar-refractivity contribution in [2.24, 2.45) is 4.99 Å². The van der Waals surface area contributed by atoms with Crippen molar-refractivity contribution in [3.05, 3.63) is 18.1 Å². The van der Waals surface area contributed by atoms with Crippen LogP contribution < -0.4 is 4.90 Å². The van der Waals surface area contributed by atoms with Gasteiger partial charge in [0.2, 0.25) is 0 Å². The average Bonchev–Trinajstić information content (AvgIpc) is 2.27. The number of aliphatic imine (C=N–C) groups is 1. The summed E-state index contributed by atoms with van der Waals surface area (Å²) < 4.78 is 0. The van der Waals surface area contributed by atoms with E-state index in [0.29, 0.717) is 12.7 Å². The number of hydrogen-bond acceptors (Lipinski definition) is 4. The van der Waals surface area contributed by atoms with Crippen LogP contribution >= 0.6 is 0 Å². The van der Waals surface area contributed by atoms with Crippen LogP contribution in [-0.2, 0) is 0 Å². The molecule has 0 bridgehead atoms. The lowest BCUT2D eigenvalue weighted by Crippen LogP contribution is -2.36. The number of anilines is 1. The Kier molecular flexibility index (Phi) is 2.43. The van der Waals surface area contributed by atoms with Crippen LogP contribution in [0.2, 0.25) is 0 Å². The lowest BCUT2D eigenvalue weighted by atomic mass is 10.2. The minimum Gasteiger partial charge on any atom is -0.333 e. The molecule has 1 unspecified atom stereocenters. The zero-order valence-electron chi connectivity index (χ0n) is 8.51. The summed E-state index contributed by atoms with van der Waals surface area (Å²) >= 11 is 0. The lowest BCUT2D eigenvalue weighted by molar-refractivity contribution is 0.611. The first-order chi connectivity index (χ1) is 6.83. The van der Waals surface area contributed by atoms with Crippen molar-refractivity contribution in [1.29, 1.82) is 0 Å². The Hall–Kier alpha value is -1.45. The van der Waals surface area contributed by atoms with Gasteiger partial charge in [0, 0.05) is 18.4 Å². The summed E-state index contributed by atoms with van der Waals surface area (Å²) in [5.74, 6) is 0.955. The molecular formula is C10H14N4. The number of hydrogen-bond donors (Lipinski definition) is 0. The minimum absolute atomic E-state index is 0.461. The highest BCUT2D eigenvalue weighted by molar-refractivity contribution is 5.85. The highest BCUT2D eigenvalue weighted by atomic mass is 15.3. The Labute approximate surface area is 83.7 Å². The molecule has 1 aromatic rings. The van der Waals surface area contributed by atoms with Gasteiger partial charge < -0.3 is 4.90 Å². The average molecular weight is 190 g/mol. The van der Waals surface area contributed by atoms with Gasteiger partial charge >= 0.3 is 0 Å². The van der Waals surface area contributed by atoms with Gasteiger partial charge in [-0.3, -0.25) is 4.99 Å². The summed E-state index contributed by atoms with van der Waals surface area (Å²) in [6.07, 6.45) is 6.31. The van der Waals surface area contributed by atoms with Gasteiger partial charge in [-0.2, -0.15) is 0 Å². The topological polar surface area (TPSA) is 41.4 Å². The van der Waals surface area contributed by atoms with E-state index in [0.717, 1.165) is 17.9 Å². The van der Waals surface area contributed by atoms with Crippen molar-refractivity contribution in [2.45, 2.75) is 26.3 Å². The highest BCUT2D eigenvalue weighted by Gasteiger charge is 2.19. The molecule has 0 saturated carbocycles. The van der Waals surface area contributed by atoms with Crippen LogP contribution in [0.1, 0.15) is 26.0 Å². The van der Waals surface area contributed by atoms with Gasteiger partial charge in [-0.1, -0.05) is 6.92 Å². The molecule has 0 saturated heterocycles. The van der Waals surface area contributed by atoms with Crippen LogP contribution in [0.15, 0.2) is 17.4 Å². The summed E-state index contributed by atoms with van der Waals surface area (Å²) in [5.41, 5.74) is 0.874. The molecule has 0 aliphatic carbocycles. The van der Waals surface area contributed by atoms with E-state index >= 15 is 0 Å². The minimum atomic E-state index is 0.461. The Morgan fingerprint density at radius 1 is 1.43 bits per heavy atom. The first kappa shape index (κ1) is 9.12. The van der Waals surface area contributed by atoms with E-state index in [1.165, 1.54) is 0 Å².